The zero-order valence-corrected chi connectivity index (χ0v) is 13.2. The number of hydrogen-bond acceptors (Lipinski definition) is 3. The molecule has 1 aliphatic heterocycles. The second-order valence-corrected chi connectivity index (χ2v) is 5.88. The number of urea groups is 1. The lowest BCUT2D eigenvalue weighted by atomic mass is 9.91. The van der Waals surface area contributed by atoms with Gasteiger partial charge in [-0.15, -0.1) is 0 Å². The summed E-state index contributed by atoms with van der Waals surface area (Å²) in [5.74, 6) is -2.16. The highest BCUT2D eigenvalue weighted by atomic mass is 19.1. The van der Waals surface area contributed by atoms with Gasteiger partial charge in [0.15, 0.2) is 0 Å². The number of nitrogens with one attached hydrogen (secondary N) is 1. The smallest absolute Gasteiger partial charge is 0.319 e. The fourth-order valence-electron chi connectivity index (χ4n) is 2.77. The molecule has 3 amide bonds. The molecule has 126 valence electrons. The molecule has 5 nitrogen and oxygen atoms in total. The first-order valence-electron chi connectivity index (χ1n) is 7.44. The molecule has 1 fully saturated rings. The van der Waals surface area contributed by atoms with Gasteiger partial charge in [0.25, 0.3) is 5.91 Å². The third-order valence-corrected chi connectivity index (χ3v) is 4.17. The van der Waals surface area contributed by atoms with Gasteiger partial charge in [-0.05, 0) is 42.8 Å². The van der Waals surface area contributed by atoms with Gasteiger partial charge in [0.2, 0.25) is 0 Å². The molecule has 0 bridgehead atoms. The van der Waals surface area contributed by atoms with E-state index in [1.807, 2.05) is 6.07 Å². The summed E-state index contributed by atoms with van der Waals surface area (Å²) in [6.45, 7) is 1.30. The van der Waals surface area contributed by atoms with Crippen molar-refractivity contribution < 1.29 is 18.4 Å². The molecule has 1 N–H and O–H groups in total. The van der Waals surface area contributed by atoms with E-state index in [0.29, 0.717) is 11.1 Å². The van der Waals surface area contributed by atoms with E-state index in [0.717, 1.165) is 23.1 Å². The molecular formula is C18H13F2N3O2. The Hall–Kier alpha value is -3.27. The van der Waals surface area contributed by atoms with Crippen LogP contribution in [-0.4, -0.2) is 16.8 Å². The standard InChI is InChI=1S/C18H13F2N3O2/c1-18(14-8-13(19)6-7-15(14)20)16(24)23(17(25)22-18)10-12-4-2-11(9-21)3-5-12/h2-8H,10H2,1H3,(H,22,25)/t18-/m0/s1. The van der Waals surface area contributed by atoms with Gasteiger partial charge >= 0.3 is 6.03 Å². The number of benzene rings is 2. The van der Waals surface area contributed by atoms with Gasteiger partial charge in [-0.25, -0.2) is 13.6 Å². The molecule has 2 aromatic carbocycles. The zero-order valence-electron chi connectivity index (χ0n) is 13.2. The van der Waals surface area contributed by atoms with Crippen LogP contribution in [0.4, 0.5) is 13.6 Å². The van der Waals surface area contributed by atoms with Gasteiger partial charge < -0.3 is 5.32 Å². The first kappa shape index (κ1) is 16.6. The van der Waals surface area contributed by atoms with Crippen molar-refractivity contribution in [3.8, 4) is 6.07 Å². The molecule has 2 aromatic rings. The summed E-state index contributed by atoms with van der Waals surface area (Å²) in [5.41, 5.74) is -0.831. The largest absolute Gasteiger partial charge is 0.325 e. The number of carbonyl (C=O) groups is 2. The Kier molecular flexibility index (Phi) is 3.97. The summed E-state index contributed by atoms with van der Waals surface area (Å²) in [6.07, 6.45) is 0. The molecule has 25 heavy (non-hydrogen) atoms. The molecule has 1 heterocycles. The Bertz CT molecular complexity index is 906. The van der Waals surface area contributed by atoms with Gasteiger partial charge in [0.1, 0.15) is 17.2 Å². The summed E-state index contributed by atoms with van der Waals surface area (Å²) in [5, 5.41) is 11.2. The Morgan fingerprint density at radius 3 is 2.48 bits per heavy atom. The number of imide groups is 1. The van der Waals surface area contributed by atoms with E-state index in [9.17, 15) is 18.4 Å². The van der Waals surface area contributed by atoms with Crippen LogP contribution < -0.4 is 5.32 Å². The molecule has 3 rings (SSSR count). The Labute approximate surface area is 142 Å². The first-order chi connectivity index (χ1) is 11.8. The third-order valence-electron chi connectivity index (χ3n) is 4.17. The van der Waals surface area contributed by atoms with Crippen molar-refractivity contribution in [1.29, 1.82) is 5.26 Å². The lowest BCUT2D eigenvalue weighted by Crippen LogP contribution is -2.41. The maximum Gasteiger partial charge on any atom is 0.325 e. The van der Waals surface area contributed by atoms with E-state index in [-0.39, 0.29) is 12.1 Å². The number of halogens is 2. The molecule has 0 aromatic heterocycles. The predicted octanol–water partition coefficient (Wildman–Crippen LogP) is 2.80. The van der Waals surface area contributed by atoms with Gasteiger partial charge in [0.05, 0.1) is 18.2 Å². The van der Waals surface area contributed by atoms with Crippen LogP contribution in [0.5, 0.6) is 0 Å². The summed E-state index contributed by atoms with van der Waals surface area (Å²) in [7, 11) is 0. The molecule has 1 saturated heterocycles. The Balaban J connectivity index is 1.91. The van der Waals surface area contributed by atoms with Crippen molar-refractivity contribution >= 4 is 11.9 Å². The van der Waals surface area contributed by atoms with Crippen molar-refractivity contribution in [2.24, 2.45) is 0 Å². The van der Waals surface area contributed by atoms with E-state index < -0.39 is 29.1 Å². The van der Waals surface area contributed by atoms with Gasteiger partial charge in [-0.2, -0.15) is 5.26 Å². The maximum absolute atomic E-state index is 14.1. The highest BCUT2D eigenvalue weighted by molar-refractivity contribution is 6.07. The highest BCUT2D eigenvalue weighted by Gasteiger charge is 2.50. The molecule has 1 aliphatic rings. The Morgan fingerprint density at radius 2 is 1.84 bits per heavy atom. The maximum atomic E-state index is 14.1. The van der Waals surface area contributed by atoms with E-state index in [1.165, 1.54) is 6.92 Å². The molecule has 0 spiro atoms. The minimum atomic E-state index is -1.68. The number of carbonyl (C=O) groups excluding carboxylic acids is 2. The lowest BCUT2D eigenvalue weighted by Gasteiger charge is -2.22. The molecule has 1 atom stereocenters. The number of amides is 3. The second-order valence-electron chi connectivity index (χ2n) is 5.88. The third kappa shape index (κ3) is 2.83. The topological polar surface area (TPSA) is 73.2 Å². The fourth-order valence-corrected chi connectivity index (χ4v) is 2.77. The van der Waals surface area contributed by atoms with Crippen LogP contribution in [0.15, 0.2) is 42.5 Å². The van der Waals surface area contributed by atoms with E-state index in [2.05, 4.69) is 5.32 Å². The predicted molar refractivity (Wildman–Crippen MR) is 83.9 cm³/mol. The summed E-state index contributed by atoms with van der Waals surface area (Å²) in [4.78, 5) is 25.9. The van der Waals surface area contributed by atoms with Crippen LogP contribution in [0, 0.1) is 23.0 Å². The molecule has 0 unspecified atom stereocenters. The first-order valence-corrected chi connectivity index (χ1v) is 7.44. The molecule has 0 saturated carbocycles. The van der Waals surface area contributed by atoms with Crippen molar-refractivity contribution in [2.45, 2.75) is 19.0 Å². The summed E-state index contributed by atoms with van der Waals surface area (Å²) < 4.78 is 27.6. The van der Waals surface area contributed by atoms with Crippen LogP contribution in [0.1, 0.15) is 23.6 Å². The molecule has 0 aliphatic carbocycles. The van der Waals surface area contributed by atoms with Gasteiger partial charge in [-0.3, -0.25) is 9.69 Å². The molecule has 7 heteroatoms. The zero-order chi connectivity index (χ0) is 18.2. The minimum Gasteiger partial charge on any atom is -0.319 e. The Morgan fingerprint density at radius 1 is 1.16 bits per heavy atom. The van der Waals surface area contributed by atoms with Crippen molar-refractivity contribution in [2.75, 3.05) is 0 Å². The van der Waals surface area contributed by atoms with Crippen LogP contribution >= 0.6 is 0 Å². The van der Waals surface area contributed by atoms with Crippen molar-refractivity contribution in [1.82, 2.24) is 10.2 Å². The average molecular weight is 341 g/mol. The normalized spacial score (nSPS) is 19.7. The van der Waals surface area contributed by atoms with Crippen molar-refractivity contribution in [3.63, 3.8) is 0 Å². The van der Waals surface area contributed by atoms with Crippen LogP contribution in [0.25, 0.3) is 0 Å². The van der Waals surface area contributed by atoms with Crippen LogP contribution in [0.2, 0.25) is 0 Å². The molecule has 0 radical (unpaired) electrons. The minimum absolute atomic E-state index is 0.0388. The molecular weight excluding hydrogens is 328 g/mol. The van der Waals surface area contributed by atoms with Gasteiger partial charge in [0, 0.05) is 5.56 Å². The van der Waals surface area contributed by atoms with E-state index in [1.54, 1.807) is 24.3 Å². The SMILES string of the molecule is C[C@@]1(c2cc(F)ccc2F)NC(=O)N(Cc2ccc(C#N)cc2)C1=O. The number of hydrogen-bond donors (Lipinski definition) is 1. The van der Waals surface area contributed by atoms with Crippen LogP contribution in [0.3, 0.4) is 0 Å². The monoisotopic (exact) mass is 341 g/mol. The van der Waals surface area contributed by atoms with E-state index in [4.69, 9.17) is 5.26 Å². The number of rotatable bonds is 3. The lowest BCUT2D eigenvalue weighted by molar-refractivity contribution is -0.131. The fraction of sp³-hybridized carbons (Fsp3) is 0.167. The number of nitriles is 1. The van der Waals surface area contributed by atoms with Gasteiger partial charge in [-0.1, -0.05) is 12.1 Å². The van der Waals surface area contributed by atoms with E-state index >= 15 is 0 Å². The summed E-state index contributed by atoms with van der Waals surface area (Å²) >= 11 is 0. The van der Waals surface area contributed by atoms with Crippen LogP contribution in [-0.2, 0) is 16.9 Å². The highest BCUT2D eigenvalue weighted by Crippen LogP contribution is 2.32. The number of nitrogens with zero attached hydrogens (tertiary/aromatic N) is 2. The van der Waals surface area contributed by atoms with Crippen molar-refractivity contribution in [3.05, 3.63) is 70.8 Å². The summed E-state index contributed by atoms with van der Waals surface area (Å²) in [6, 6.07) is 10.4. The quantitative estimate of drug-likeness (QED) is 0.873. The second kappa shape index (κ2) is 5.98. The average Bonchev–Trinajstić information content (AvgIpc) is 2.81.